The highest BCUT2D eigenvalue weighted by Crippen LogP contribution is 2.20. The van der Waals surface area contributed by atoms with Gasteiger partial charge in [-0.25, -0.2) is 0 Å². The summed E-state index contributed by atoms with van der Waals surface area (Å²) in [7, 11) is 0. The Morgan fingerprint density at radius 3 is 2.71 bits per heavy atom. The molecule has 1 atom stereocenters. The molecular weight excluding hydrogens is 298 g/mol. The molecule has 1 N–H and O–H groups in total. The normalized spacial score (nSPS) is 11.8. The number of rotatable bonds is 9. The smallest absolute Gasteiger partial charge is 0.122 e. The molecule has 0 aliphatic heterocycles. The minimum absolute atomic E-state index is 0.274. The van der Waals surface area contributed by atoms with Gasteiger partial charge in [0.25, 0.3) is 0 Å². The van der Waals surface area contributed by atoms with Gasteiger partial charge in [0.05, 0.1) is 0 Å². The van der Waals surface area contributed by atoms with Crippen molar-refractivity contribution < 1.29 is 9.84 Å². The number of aryl methyl sites for hydroxylation is 1. The number of benzene rings is 2. The summed E-state index contributed by atoms with van der Waals surface area (Å²) in [4.78, 5) is 2.16. The molecule has 0 aliphatic carbocycles. The Morgan fingerprint density at radius 2 is 2.00 bits per heavy atom. The third-order valence-corrected chi connectivity index (χ3v) is 3.95. The first-order valence-corrected chi connectivity index (χ1v) is 8.45. The van der Waals surface area contributed by atoms with Gasteiger partial charge in [-0.05, 0) is 49.6 Å². The molecule has 2 rings (SSSR count). The van der Waals surface area contributed by atoms with Crippen molar-refractivity contribution in [2.24, 2.45) is 0 Å². The molecule has 3 heteroatoms. The van der Waals surface area contributed by atoms with Crippen LogP contribution in [0.25, 0.3) is 0 Å². The molecule has 2 aromatic carbocycles. The number of aliphatic hydroxyl groups is 1. The lowest BCUT2D eigenvalue weighted by Crippen LogP contribution is -2.35. The zero-order valence-electron chi connectivity index (χ0n) is 14.6. The fraction of sp³-hybridized carbons (Fsp3) is 0.333. The standard InChI is InChI=1S/C21H27NO2/c1-4-9-18-11-6-7-13-21(18)24-16-20(23)15-22(5-2)19-12-8-10-17(3)14-19/h4,6-8,10-14,20,23H,1,5,9,15-16H2,2-3H3. The van der Waals surface area contributed by atoms with E-state index in [0.717, 1.165) is 30.0 Å². The second kappa shape index (κ2) is 9.14. The summed E-state index contributed by atoms with van der Waals surface area (Å²) in [6.45, 7) is 9.60. The lowest BCUT2D eigenvalue weighted by atomic mass is 10.1. The van der Waals surface area contributed by atoms with Crippen molar-refractivity contribution in [3.8, 4) is 5.75 Å². The molecule has 0 saturated heterocycles. The molecule has 3 nitrogen and oxygen atoms in total. The second-order valence-corrected chi connectivity index (χ2v) is 5.94. The van der Waals surface area contributed by atoms with Crippen LogP contribution in [0.1, 0.15) is 18.1 Å². The van der Waals surface area contributed by atoms with Crippen LogP contribution in [0.3, 0.4) is 0 Å². The van der Waals surface area contributed by atoms with E-state index in [-0.39, 0.29) is 6.61 Å². The van der Waals surface area contributed by atoms with Crippen LogP contribution in [0.15, 0.2) is 61.2 Å². The van der Waals surface area contributed by atoms with Crippen LogP contribution in [0.4, 0.5) is 5.69 Å². The number of anilines is 1. The average Bonchev–Trinajstić information content (AvgIpc) is 2.59. The number of para-hydroxylation sites is 1. The Hall–Kier alpha value is -2.26. The number of nitrogens with zero attached hydrogens (tertiary/aromatic N) is 1. The minimum atomic E-state index is -0.553. The van der Waals surface area contributed by atoms with E-state index in [1.165, 1.54) is 5.56 Å². The van der Waals surface area contributed by atoms with Crippen LogP contribution >= 0.6 is 0 Å². The van der Waals surface area contributed by atoms with Gasteiger partial charge in [0.15, 0.2) is 0 Å². The van der Waals surface area contributed by atoms with Crippen molar-refractivity contribution in [3.63, 3.8) is 0 Å². The highest BCUT2D eigenvalue weighted by molar-refractivity contribution is 5.48. The largest absolute Gasteiger partial charge is 0.491 e. The first kappa shape index (κ1) is 18.1. The van der Waals surface area contributed by atoms with E-state index in [1.807, 2.05) is 36.4 Å². The maximum absolute atomic E-state index is 10.4. The van der Waals surface area contributed by atoms with E-state index in [9.17, 15) is 5.11 Å². The topological polar surface area (TPSA) is 32.7 Å². The third kappa shape index (κ3) is 5.14. The predicted molar refractivity (Wildman–Crippen MR) is 101 cm³/mol. The van der Waals surface area contributed by atoms with Gasteiger partial charge in [-0.1, -0.05) is 36.4 Å². The summed E-state index contributed by atoms with van der Waals surface area (Å²) >= 11 is 0. The summed E-state index contributed by atoms with van der Waals surface area (Å²) < 4.78 is 5.83. The van der Waals surface area contributed by atoms with E-state index < -0.39 is 6.10 Å². The molecule has 24 heavy (non-hydrogen) atoms. The van der Waals surface area contributed by atoms with Gasteiger partial charge in [0.1, 0.15) is 18.5 Å². The molecule has 0 spiro atoms. The van der Waals surface area contributed by atoms with Gasteiger partial charge < -0.3 is 14.7 Å². The maximum Gasteiger partial charge on any atom is 0.122 e. The van der Waals surface area contributed by atoms with Crippen LogP contribution in [-0.2, 0) is 6.42 Å². The average molecular weight is 325 g/mol. The van der Waals surface area contributed by atoms with E-state index in [2.05, 4.69) is 43.5 Å². The van der Waals surface area contributed by atoms with E-state index >= 15 is 0 Å². The van der Waals surface area contributed by atoms with Gasteiger partial charge in [-0.3, -0.25) is 0 Å². The second-order valence-electron chi connectivity index (χ2n) is 5.94. The fourth-order valence-electron chi connectivity index (χ4n) is 2.70. The number of hydrogen-bond donors (Lipinski definition) is 1. The monoisotopic (exact) mass is 325 g/mol. The first-order chi connectivity index (χ1) is 11.6. The Morgan fingerprint density at radius 1 is 1.21 bits per heavy atom. The highest BCUT2D eigenvalue weighted by Gasteiger charge is 2.13. The molecule has 128 valence electrons. The van der Waals surface area contributed by atoms with Gasteiger partial charge in [0, 0.05) is 18.8 Å². The van der Waals surface area contributed by atoms with Gasteiger partial charge in [-0.2, -0.15) is 0 Å². The number of ether oxygens (including phenoxy) is 1. The number of allylic oxidation sites excluding steroid dienone is 1. The zero-order valence-corrected chi connectivity index (χ0v) is 14.6. The molecule has 2 aromatic rings. The predicted octanol–water partition coefficient (Wildman–Crippen LogP) is 3.99. The summed E-state index contributed by atoms with van der Waals surface area (Å²) in [6.07, 6.45) is 2.06. The van der Waals surface area contributed by atoms with E-state index in [1.54, 1.807) is 0 Å². The third-order valence-electron chi connectivity index (χ3n) is 3.95. The Labute approximate surface area is 145 Å². The summed E-state index contributed by atoms with van der Waals surface area (Å²) in [6, 6.07) is 16.2. The first-order valence-electron chi connectivity index (χ1n) is 8.45. The van der Waals surface area contributed by atoms with E-state index in [4.69, 9.17) is 4.74 Å². The Balaban J connectivity index is 1.95. The van der Waals surface area contributed by atoms with Crippen LogP contribution in [0.2, 0.25) is 0 Å². The molecule has 0 aromatic heterocycles. The molecule has 0 amide bonds. The Kier molecular flexibility index (Phi) is 6.89. The quantitative estimate of drug-likeness (QED) is 0.708. The minimum Gasteiger partial charge on any atom is -0.491 e. The molecule has 0 radical (unpaired) electrons. The Bertz CT molecular complexity index is 654. The fourth-order valence-corrected chi connectivity index (χ4v) is 2.70. The molecule has 0 heterocycles. The zero-order chi connectivity index (χ0) is 17.4. The number of likely N-dealkylation sites (N-methyl/N-ethyl adjacent to an activating group) is 1. The van der Waals surface area contributed by atoms with Gasteiger partial charge in [0.2, 0.25) is 0 Å². The summed E-state index contributed by atoms with van der Waals surface area (Å²) in [5.41, 5.74) is 3.43. The van der Waals surface area contributed by atoms with Crippen LogP contribution in [-0.4, -0.2) is 30.9 Å². The van der Waals surface area contributed by atoms with Crippen molar-refractivity contribution in [2.75, 3.05) is 24.6 Å². The SMILES string of the molecule is C=CCc1ccccc1OCC(O)CN(CC)c1cccc(C)c1. The van der Waals surface area contributed by atoms with Gasteiger partial charge >= 0.3 is 0 Å². The molecule has 0 fully saturated rings. The molecule has 0 bridgehead atoms. The lowest BCUT2D eigenvalue weighted by molar-refractivity contribution is 0.112. The molecule has 1 unspecified atom stereocenters. The molecular formula is C21H27NO2. The van der Waals surface area contributed by atoms with Crippen molar-refractivity contribution in [2.45, 2.75) is 26.4 Å². The maximum atomic E-state index is 10.4. The number of hydrogen-bond acceptors (Lipinski definition) is 3. The van der Waals surface area contributed by atoms with Crippen molar-refractivity contribution >= 4 is 5.69 Å². The van der Waals surface area contributed by atoms with E-state index in [0.29, 0.717) is 6.54 Å². The highest BCUT2D eigenvalue weighted by atomic mass is 16.5. The van der Waals surface area contributed by atoms with Crippen molar-refractivity contribution in [1.82, 2.24) is 0 Å². The summed E-state index contributed by atoms with van der Waals surface area (Å²) in [5.74, 6) is 0.815. The van der Waals surface area contributed by atoms with Crippen LogP contribution in [0.5, 0.6) is 5.75 Å². The van der Waals surface area contributed by atoms with Crippen LogP contribution in [0, 0.1) is 6.92 Å². The van der Waals surface area contributed by atoms with Crippen LogP contribution < -0.4 is 9.64 Å². The number of aliphatic hydroxyl groups excluding tert-OH is 1. The molecule has 0 aliphatic rings. The van der Waals surface area contributed by atoms with Gasteiger partial charge in [-0.15, -0.1) is 6.58 Å². The van der Waals surface area contributed by atoms with Crippen molar-refractivity contribution in [1.29, 1.82) is 0 Å². The summed E-state index contributed by atoms with van der Waals surface area (Å²) in [5, 5.41) is 10.4. The van der Waals surface area contributed by atoms with Crippen molar-refractivity contribution in [3.05, 3.63) is 72.3 Å². The lowest BCUT2D eigenvalue weighted by Gasteiger charge is -2.26. The molecule has 0 saturated carbocycles.